The maximum atomic E-state index is 12.3. The molecule has 0 spiro atoms. The Bertz CT molecular complexity index is 481. The first-order chi connectivity index (χ1) is 10.2. The number of ether oxygens (including phenoxy) is 1. The normalized spacial score (nSPS) is 23.0. The molecule has 1 amide bonds. The van der Waals surface area contributed by atoms with Crippen molar-refractivity contribution >= 4 is 17.5 Å². The Labute approximate surface area is 131 Å². The number of halogens is 1. The smallest absolute Gasteiger partial charge is 0.223 e. The van der Waals surface area contributed by atoms with Crippen LogP contribution in [0.15, 0.2) is 24.3 Å². The molecular formula is C16H23ClN2O2. The Kier molecular flexibility index (Phi) is 6.03. The van der Waals surface area contributed by atoms with Crippen LogP contribution in [0.3, 0.4) is 0 Å². The van der Waals surface area contributed by atoms with E-state index in [0.29, 0.717) is 24.0 Å². The molecule has 0 radical (unpaired) electrons. The van der Waals surface area contributed by atoms with Crippen molar-refractivity contribution in [3.8, 4) is 0 Å². The Morgan fingerprint density at radius 2 is 2.33 bits per heavy atom. The van der Waals surface area contributed by atoms with Gasteiger partial charge < -0.3 is 15.8 Å². The van der Waals surface area contributed by atoms with Crippen LogP contribution in [-0.4, -0.2) is 26.1 Å². The van der Waals surface area contributed by atoms with Crippen molar-refractivity contribution in [2.75, 3.05) is 20.2 Å². The van der Waals surface area contributed by atoms with E-state index >= 15 is 0 Å². The third kappa shape index (κ3) is 4.19. The Hall–Kier alpha value is -1.10. The summed E-state index contributed by atoms with van der Waals surface area (Å²) in [4.78, 5) is 12.3. The first-order valence-corrected chi connectivity index (χ1v) is 7.79. The van der Waals surface area contributed by atoms with E-state index in [0.717, 1.165) is 24.8 Å². The minimum atomic E-state index is -0.189. The number of carbonyl (C=O) groups is 1. The second-order valence-electron chi connectivity index (χ2n) is 5.56. The SMILES string of the molecule is COC(CNC(=O)[C@@H]1CCC[C@@H]1CN)c1cccc(Cl)c1. The molecule has 1 aliphatic carbocycles. The molecule has 1 aromatic rings. The third-order valence-corrected chi connectivity index (χ3v) is 4.50. The number of nitrogens with one attached hydrogen (secondary N) is 1. The van der Waals surface area contributed by atoms with Gasteiger partial charge in [-0.25, -0.2) is 0 Å². The summed E-state index contributed by atoms with van der Waals surface area (Å²) >= 11 is 5.99. The Morgan fingerprint density at radius 1 is 1.52 bits per heavy atom. The number of rotatable bonds is 6. The summed E-state index contributed by atoms with van der Waals surface area (Å²) in [5.74, 6) is 0.455. The lowest BCUT2D eigenvalue weighted by Gasteiger charge is -2.21. The van der Waals surface area contributed by atoms with Crippen LogP contribution in [0.2, 0.25) is 5.02 Å². The van der Waals surface area contributed by atoms with Crippen LogP contribution >= 0.6 is 11.6 Å². The zero-order valence-electron chi connectivity index (χ0n) is 12.3. The zero-order chi connectivity index (χ0) is 15.2. The van der Waals surface area contributed by atoms with Gasteiger partial charge in [-0.15, -0.1) is 0 Å². The van der Waals surface area contributed by atoms with E-state index in [1.165, 1.54) is 0 Å². The number of hydrogen-bond acceptors (Lipinski definition) is 3. The van der Waals surface area contributed by atoms with E-state index in [9.17, 15) is 4.79 Å². The molecule has 0 saturated heterocycles. The van der Waals surface area contributed by atoms with Gasteiger partial charge >= 0.3 is 0 Å². The third-order valence-electron chi connectivity index (χ3n) is 4.27. The summed E-state index contributed by atoms with van der Waals surface area (Å²) in [6.45, 7) is 1.03. The number of amides is 1. The maximum Gasteiger partial charge on any atom is 0.223 e. The summed E-state index contributed by atoms with van der Waals surface area (Å²) in [5, 5.41) is 3.66. The minimum absolute atomic E-state index is 0.0480. The average Bonchev–Trinajstić information content (AvgIpc) is 2.96. The number of nitrogens with two attached hydrogens (primary N) is 1. The monoisotopic (exact) mass is 310 g/mol. The van der Waals surface area contributed by atoms with Gasteiger partial charge in [0.15, 0.2) is 0 Å². The predicted molar refractivity (Wildman–Crippen MR) is 84.1 cm³/mol. The summed E-state index contributed by atoms with van der Waals surface area (Å²) in [6, 6.07) is 7.51. The van der Waals surface area contributed by atoms with E-state index in [2.05, 4.69) is 5.32 Å². The fourth-order valence-corrected chi connectivity index (χ4v) is 3.23. The zero-order valence-corrected chi connectivity index (χ0v) is 13.1. The van der Waals surface area contributed by atoms with Crippen LogP contribution in [0.1, 0.15) is 30.9 Å². The number of benzene rings is 1. The molecule has 0 bridgehead atoms. The van der Waals surface area contributed by atoms with Crippen molar-refractivity contribution in [3.63, 3.8) is 0 Å². The molecule has 3 N–H and O–H groups in total. The first kappa shape index (κ1) is 16.3. The van der Waals surface area contributed by atoms with Gasteiger partial charge in [0.05, 0.1) is 6.10 Å². The highest BCUT2D eigenvalue weighted by Crippen LogP contribution is 2.31. The summed E-state index contributed by atoms with van der Waals surface area (Å²) < 4.78 is 5.46. The van der Waals surface area contributed by atoms with Crippen molar-refractivity contribution < 1.29 is 9.53 Å². The first-order valence-electron chi connectivity index (χ1n) is 7.41. The second kappa shape index (κ2) is 7.78. The topological polar surface area (TPSA) is 64.3 Å². The fraction of sp³-hybridized carbons (Fsp3) is 0.562. The highest BCUT2D eigenvalue weighted by Gasteiger charge is 2.32. The molecule has 1 saturated carbocycles. The highest BCUT2D eigenvalue weighted by atomic mass is 35.5. The van der Waals surface area contributed by atoms with Crippen LogP contribution in [0.5, 0.6) is 0 Å². The molecule has 116 valence electrons. The molecule has 0 aromatic heterocycles. The predicted octanol–water partition coefficient (Wildman–Crippen LogP) is 2.52. The average molecular weight is 311 g/mol. The molecule has 5 heteroatoms. The van der Waals surface area contributed by atoms with E-state index in [1.807, 2.05) is 24.3 Å². The summed E-state index contributed by atoms with van der Waals surface area (Å²) in [5.41, 5.74) is 6.70. The minimum Gasteiger partial charge on any atom is -0.375 e. The van der Waals surface area contributed by atoms with Crippen LogP contribution in [0, 0.1) is 11.8 Å². The van der Waals surface area contributed by atoms with Crippen molar-refractivity contribution in [2.24, 2.45) is 17.6 Å². The van der Waals surface area contributed by atoms with Gasteiger partial charge in [0.1, 0.15) is 0 Å². The number of carbonyl (C=O) groups excluding carboxylic acids is 1. The lowest BCUT2D eigenvalue weighted by atomic mass is 9.95. The van der Waals surface area contributed by atoms with Crippen LogP contribution < -0.4 is 11.1 Å². The van der Waals surface area contributed by atoms with Gasteiger partial charge in [-0.3, -0.25) is 4.79 Å². The van der Waals surface area contributed by atoms with Crippen LogP contribution in [0.4, 0.5) is 0 Å². The van der Waals surface area contributed by atoms with Gasteiger partial charge in [-0.1, -0.05) is 30.2 Å². The lowest BCUT2D eigenvalue weighted by molar-refractivity contribution is -0.126. The number of hydrogen-bond donors (Lipinski definition) is 2. The largest absolute Gasteiger partial charge is 0.375 e. The maximum absolute atomic E-state index is 12.3. The van der Waals surface area contributed by atoms with Gasteiger partial charge in [-0.2, -0.15) is 0 Å². The lowest BCUT2D eigenvalue weighted by Crippen LogP contribution is -2.37. The standard InChI is InChI=1S/C16H23ClN2O2/c1-21-15(11-4-2-6-13(17)8-11)10-19-16(20)14-7-3-5-12(14)9-18/h2,4,6,8,12,14-15H,3,5,7,9-10,18H2,1H3,(H,19,20)/t12-,14-,15?/m1/s1. The quantitative estimate of drug-likeness (QED) is 0.848. The van der Waals surface area contributed by atoms with Crippen LogP contribution in [0.25, 0.3) is 0 Å². The Balaban J connectivity index is 1.92. The molecule has 1 fully saturated rings. The van der Waals surface area contributed by atoms with E-state index in [4.69, 9.17) is 22.1 Å². The van der Waals surface area contributed by atoms with Crippen molar-refractivity contribution in [2.45, 2.75) is 25.4 Å². The summed E-state index contributed by atoms with van der Waals surface area (Å²) in [7, 11) is 1.63. The van der Waals surface area contributed by atoms with Crippen molar-refractivity contribution in [3.05, 3.63) is 34.9 Å². The van der Waals surface area contributed by atoms with Gasteiger partial charge in [0.2, 0.25) is 5.91 Å². The van der Waals surface area contributed by atoms with E-state index < -0.39 is 0 Å². The second-order valence-corrected chi connectivity index (χ2v) is 5.99. The molecule has 1 unspecified atom stereocenters. The van der Waals surface area contributed by atoms with Crippen molar-refractivity contribution in [1.29, 1.82) is 0 Å². The molecular weight excluding hydrogens is 288 g/mol. The Morgan fingerprint density at radius 3 is 3.00 bits per heavy atom. The molecule has 0 aliphatic heterocycles. The molecule has 21 heavy (non-hydrogen) atoms. The van der Waals surface area contributed by atoms with Crippen molar-refractivity contribution in [1.82, 2.24) is 5.32 Å². The summed E-state index contributed by atoms with van der Waals surface area (Å²) in [6.07, 6.45) is 2.88. The molecule has 3 atom stereocenters. The van der Waals surface area contributed by atoms with Gasteiger partial charge in [0.25, 0.3) is 0 Å². The number of methoxy groups -OCH3 is 1. The molecule has 1 aliphatic rings. The molecule has 4 nitrogen and oxygen atoms in total. The highest BCUT2D eigenvalue weighted by molar-refractivity contribution is 6.30. The van der Waals surface area contributed by atoms with Gasteiger partial charge in [0, 0.05) is 24.6 Å². The van der Waals surface area contributed by atoms with E-state index in [1.54, 1.807) is 7.11 Å². The fourth-order valence-electron chi connectivity index (χ4n) is 3.03. The molecule has 1 aromatic carbocycles. The molecule has 0 heterocycles. The van der Waals surface area contributed by atoms with Gasteiger partial charge in [-0.05, 0) is 43.0 Å². The van der Waals surface area contributed by atoms with E-state index in [-0.39, 0.29) is 17.9 Å². The van der Waals surface area contributed by atoms with Crippen LogP contribution in [-0.2, 0) is 9.53 Å². The molecule has 2 rings (SSSR count).